The van der Waals surface area contributed by atoms with Crippen LogP contribution in [-0.2, 0) is 9.59 Å². The number of ketones is 1. The quantitative estimate of drug-likeness (QED) is 0.503. The highest BCUT2D eigenvalue weighted by molar-refractivity contribution is 5.83. The molecule has 1 aliphatic rings. The number of carboxylic acid groups (broad SMARTS) is 1. The molecule has 114 valence electrons. The van der Waals surface area contributed by atoms with Crippen LogP contribution < -0.4 is 0 Å². The topological polar surface area (TPSA) is 74.6 Å². The molecule has 4 nitrogen and oxygen atoms in total. The Hall–Kier alpha value is -1.16. The van der Waals surface area contributed by atoms with Gasteiger partial charge in [-0.25, -0.2) is 0 Å². The Morgan fingerprint density at radius 1 is 1.40 bits per heavy atom. The molecule has 3 unspecified atom stereocenters. The molecular formula is C16H26O4. The van der Waals surface area contributed by atoms with Crippen molar-refractivity contribution in [2.45, 2.75) is 64.4 Å². The molecular weight excluding hydrogens is 256 g/mol. The van der Waals surface area contributed by atoms with E-state index in [1.807, 2.05) is 13.0 Å². The van der Waals surface area contributed by atoms with Gasteiger partial charge in [-0.05, 0) is 31.6 Å². The molecule has 0 aliphatic heterocycles. The van der Waals surface area contributed by atoms with Gasteiger partial charge in [0.25, 0.3) is 0 Å². The Morgan fingerprint density at radius 2 is 2.15 bits per heavy atom. The Labute approximate surface area is 120 Å². The summed E-state index contributed by atoms with van der Waals surface area (Å²) in [6, 6.07) is 0. The van der Waals surface area contributed by atoms with Gasteiger partial charge in [-0.15, -0.1) is 0 Å². The van der Waals surface area contributed by atoms with E-state index in [0.717, 1.165) is 25.7 Å². The van der Waals surface area contributed by atoms with Gasteiger partial charge in [0.2, 0.25) is 0 Å². The zero-order valence-corrected chi connectivity index (χ0v) is 12.3. The number of unbranched alkanes of at least 4 members (excludes halogenated alkanes) is 2. The molecule has 0 aromatic carbocycles. The third kappa shape index (κ3) is 5.87. The minimum absolute atomic E-state index is 0.0696. The van der Waals surface area contributed by atoms with Gasteiger partial charge in [-0.3, -0.25) is 9.59 Å². The number of rotatable bonds is 9. The standard InChI is InChI=1S/C16H26O4/c1-2-13(17)10-8-12-9-11-15(18)14(12)6-4-3-5-7-16(19)20/h8,10,12-14,17H,2-7,9,11H2,1H3,(H,19,20). The van der Waals surface area contributed by atoms with Gasteiger partial charge in [0.1, 0.15) is 5.78 Å². The molecule has 3 atom stereocenters. The Kier molecular flexibility index (Phi) is 7.52. The smallest absolute Gasteiger partial charge is 0.303 e. The van der Waals surface area contributed by atoms with Gasteiger partial charge in [0.05, 0.1) is 6.10 Å². The first-order valence-electron chi connectivity index (χ1n) is 7.65. The number of carbonyl (C=O) groups is 2. The lowest BCUT2D eigenvalue weighted by Gasteiger charge is -2.15. The number of carbonyl (C=O) groups excluding carboxylic acids is 1. The van der Waals surface area contributed by atoms with Crippen molar-refractivity contribution in [2.75, 3.05) is 0 Å². The second kappa shape index (κ2) is 8.90. The number of aliphatic hydroxyl groups excluding tert-OH is 1. The van der Waals surface area contributed by atoms with Gasteiger partial charge >= 0.3 is 5.97 Å². The van der Waals surface area contributed by atoms with Crippen molar-refractivity contribution < 1.29 is 19.8 Å². The minimum atomic E-state index is -0.753. The normalized spacial score (nSPS) is 24.4. The number of hydrogen-bond donors (Lipinski definition) is 2. The van der Waals surface area contributed by atoms with Gasteiger partial charge in [-0.2, -0.15) is 0 Å². The van der Waals surface area contributed by atoms with Crippen LogP contribution in [0.3, 0.4) is 0 Å². The number of aliphatic hydroxyl groups is 1. The number of allylic oxidation sites excluding steroid dienone is 1. The summed E-state index contributed by atoms with van der Waals surface area (Å²) in [5.74, 6) is -0.108. The summed E-state index contributed by atoms with van der Waals surface area (Å²) in [4.78, 5) is 22.3. The van der Waals surface area contributed by atoms with E-state index in [1.165, 1.54) is 0 Å². The van der Waals surface area contributed by atoms with Crippen LogP contribution >= 0.6 is 0 Å². The summed E-state index contributed by atoms with van der Waals surface area (Å²) in [5, 5.41) is 18.1. The molecule has 0 aromatic rings. The third-order valence-corrected chi connectivity index (χ3v) is 4.06. The van der Waals surface area contributed by atoms with Crippen LogP contribution in [0.5, 0.6) is 0 Å². The van der Waals surface area contributed by atoms with Crippen LogP contribution in [0, 0.1) is 11.8 Å². The zero-order valence-electron chi connectivity index (χ0n) is 12.3. The second-order valence-electron chi connectivity index (χ2n) is 5.63. The van der Waals surface area contributed by atoms with Crippen LogP contribution in [0.25, 0.3) is 0 Å². The zero-order chi connectivity index (χ0) is 15.0. The minimum Gasteiger partial charge on any atom is -0.481 e. The second-order valence-corrected chi connectivity index (χ2v) is 5.63. The SMILES string of the molecule is CCC(O)C=CC1CCC(=O)C1CCCCCC(=O)O. The fourth-order valence-electron chi connectivity index (χ4n) is 2.76. The Morgan fingerprint density at radius 3 is 2.80 bits per heavy atom. The fourth-order valence-corrected chi connectivity index (χ4v) is 2.76. The molecule has 0 bridgehead atoms. The largest absolute Gasteiger partial charge is 0.481 e. The molecule has 0 saturated heterocycles. The molecule has 1 rings (SSSR count). The molecule has 0 radical (unpaired) electrons. The number of aliphatic carboxylic acids is 1. The molecule has 0 spiro atoms. The lowest BCUT2D eigenvalue weighted by atomic mass is 9.89. The molecule has 2 N–H and O–H groups in total. The van der Waals surface area contributed by atoms with Crippen molar-refractivity contribution in [1.29, 1.82) is 0 Å². The first-order valence-corrected chi connectivity index (χ1v) is 7.65. The lowest BCUT2D eigenvalue weighted by molar-refractivity contribution is -0.137. The molecule has 1 aliphatic carbocycles. The monoisotopic (exact) mass is 282 g/mol. The van der Waals surface area contributed by atoms with E-state index in [1.54, 1.807) is 6.08 Å². The van der Waals surface area contributed by atoms with E-state index < -0.39 is 12.1 Å². The Bertz CT molecular complexity index is 348. The van der Waals surface area contributed by atoms with E-state index in [-0.39, 0.29) is 18.3 Å². The predicted molar refractivity (Wildman–Crippen MR) is 77.4 cm³/mol. The maximum absolute atomic E-state index is 11.9. The third-order valence-electron chi connectivity index (χ3n) is 4.06. The molecule has 1 fully saturated rings. The van der Waals surface area contributed by atoms with Crippen molar-refractivity contribution >= 4 is 11.8 Å². The van der Waals surface area contributed by atoms with Crippen molar-refractivity contribution in [1.82, 2.24) is 0 Å². The summed E-state index contributed by atoms with van der Waals surface area (Å²) in [5.41, 5.74) is 0. The van der Waals surface area contributed by atoms with Crippen LogP contribution in [0.1, 0.15) is 58.3 Å². The van der Waals surface area contributed by atoms with Crippen LogP contribution in [-0.4, -0.2) is 28.1 Å². The molecule has 0 heterocycles. The molecule has 0 amide bonds. The first kappa shape index (κ1) is 16.9. The van der Waals surface area contributed by atoms with Crippen molar-refractivity contribution in [3.05, 3.63) is 12.2 Å². The van der Waals surface area contributed by atoms with Crippen LogP contribution in [0.15, 0.2) is 12.2 Å². The average molecular weight is 282 g/mol. The van der Waals surface area contributed by atoms with Gasteiger partial charge < -0.3 is 10.2 Å². The Balaban J connectivity index is 2.34. The van der Waals surface area contributed by atoms with Crippen LogP contribution in [0.4, 0.5) is 0 Å². The van der Waals surface area contributed by atoms with Gasteiger partial charge in [0, 0.05) is 18.8 Å². The van der Waals surface area contributed by atoms with Crippen molar-refractivity contribution in [2.24, 2.45) is 11.8 Å². The highest BCUT2D eigenvalue weighted by Gasteiger charge is 2.32. The first-order chi connectivity index (χ1) is 9.54. The summed E-state index contributed by atoms with van der Waals surface area (Å²) < 4.78 is 0. The van der Waals surface area contributed by atoms with E-state index in [2.05, 4.69) is 0 Å². The maximum atomic E-state index is 11.9. The lowest BCUT2D eigenvalue weighted by Crippen LogP contribution is -2.14. The van der Waals surface area contributed by atoms with E-state index >= 15 is 0 Å². The maximum Gasteiger partial charge on any atom is 0.303 e. The van der Waals surface area contributed by atoms with Gasteiger partial charge in [-0.1, -0.05) is 31.9 Å². The molecule has 0 aromatic heterocycles. The fraction of sp³-hybridized carbons (Fsp3) is 0.750. The summed E-state index contributed by atoms with van der Waals surface area (Å²) >= 11 is 0. The molecule has 4 heteroatoms. The summed E-state index contributed by atoms with van der Waals surface area (Å²) in [6.45, 7) is 1.93. The van der Waals surface area contributed by atoms with Crippen molar-refractivity contribution in [3.8, 4) is 0 Å². The molecule has 20 heavy (non-hydrogen) atoms. The highest BCUT2D eigenvalue weighted by atomic mass is 16.4. The highest BCUT2D eigenvalue weighted by Crippen LogP contribution is 2.33. The average Bonchev–Trinajstić information content (AvgIpc) is 2.76. The number of carboxylic acids is 1. The van der Waals surface area contributed by atoms with Crippen LogP contribution in [0.2, 0.25) is 0 Å². The summed E-state index contributed by atoms with van der Waals surface area (Å²) in [7, 11) is 0. The van der Waals surface area contributed by atoms with Gasteiger partial charge in [0.15, 0.2) is 0 Å². The summed E-state index contributed by atoms with van der Waals surface area (Å²) in [6.07, 6.45) is 9.11. The number of hydrogen-bond acceptors (Lipinski definition) is 3. The molecule has 1 saturated carbocycles. The predicted octanol–water partition coefficient (Wildman–Crippen LogP) is 2.94. The van der Waals surface area contributed by atoms with E-state index in [4.69, 9.17) is 5.11 Å². The number of Topliss-reactive ketones (excluding diaryl/α,β-unsaturated/α-hetero) is 1. The van der Waals surface area contributed by atoms with E-state index in [0.29, 0.717) is 25.0 Å². The van der Waals surface area contributed by atoms with Crippen molar-refractivity contribution in [3.63, 3.8) is 0 Å². The van der Waals surface area contributed by atoms with E-state index in [9.17, 15) is 14.7 Å².